The molecule has 8 heteroatoms. The Morgan fingerprint density at radius 2 is 1.97 bits per heavy atom. The molecular weight excluding hydrogens is 419 g/mol. The molecule has 0 amide bonds. The molecule has 2 aliphatic rings. The highest BCUT2D eigenvalue weighted by molar-refractivity contribution is 6.65. The van der Waals surface area contributed by atoms with Crippen molar-refractivity contribution in [3.05, 3.63) is 23.4 Å². The van der Waals surface area contributed by atoms with Crippen molar-refractivity contribution >= 4 is 29.5 Å². The Kier molecular flexibility index (Phi) is 6.90. The van der Waals surface area contributed by atoms with Gasteiger partial charge in [-0.1, -0.05) is 0 Å². The molecule has 0 saturated carbocycles. The SMILES string of the molecule is CCOC(=O)CCCc1c(C)cc2c(cnn2C2CCCCO2)c1B1OC(C)(C)C(C)(C)O1. The van der Waals surface area contributed by atoms with Crippen LogP contribution in [-0.2, 0) is 30.0 Å². The Balaban J connectivity index is 1.75. The van der Waals surface area contributed by atoms with E-state index in [1.807, 2.05) is 17.8 Å². The number of aromatic nitrogens is 2. The molecule has 33 heavy (non-hydrogen) atoms. The number of carbonyl (C=O) groups is 1. The van der Waals surface area contributed by atoms with Crippen molar-refractivity contribution in [3.8, 4) is 0 Å². The predicted molar refractivity (Wildman–Crippen MR) is 129 cm³/mol. The minimum Gasteiger partial charge on any atom is -0.466 e. The van der Waals surface area contributed by atoms with Crippen molar-refractivity contribution in [2.75, 3.05) is 13.2 Å². The van der Waals surface area contributed by atoms with E-state index in [-0.39, 0.29) is 12.2 Å². The van der Waals surface area contributed by atoms with E-state index in [1.165, 1.54) is 0 Å². The van der Waals surface area contributed by atoms with E-state index >= 15 is 0 Å². The van der Waals surface area contributed by atoms with E-state index in [9.17, 15) is 4.79 Å². The number of benzene rings is 1. The second kappa shape index (κ2) is 9.39. The van der Waals surface area contributed by atoms with Crippen LogP contribution in [0, 0.1) is 6.92 Å². The Bertz CT molecular complexity index is 994. The second-order valence-corrected chi connectivity index (χ2v) is 10.2. The molecule has 0 spiro atoms. The molecule has 4 rings (SSSR count). The summed E-state index contributed by atoms with van der Waals surface area (Å²) >= 11 is 0. The van der Waals surface area contributed by atoms with Gasteiger partial charge in [0.05, 0.1) is 29.5 Å². The van der Waals surface area contributed by atoms with Gasteiger partial charge in [-0.05, 0) is 96.3 Å². The third kappa shape index (κ3) is 4.70. The molecule has 2 fully saturated rings. The van der Waals surface area contributed by atoms with Gasteiger partial charge in [-0.2, -0.15) is 5.10 Å². The number of hydrogen-bond acceptors (Lipinski definition) is 6. The van der Waals surface area contributed by atoms with E-state index in [2.05, 4.69) is 40.7 Å². The molecule has 0 radical (unpaired) electrons. The Labute approximate surface area is 197 Å². The summed E-state index contributed by atoms with van der Waals surface area (Å²) in [5.41, 5.74) is 3.48. The van der Waals surface area contributed by atoms with Crippen LogP contribution in [0.15, 0.2) is 12.3 Å². The molecule has 180 valence electrons. The van der Waals surface area contributed by atoms with Gasteiger partial charge in [-0.3, -0.25) is 4.79 Å². The summed E-state index contributed by atoms with van der Waals surface area (Å²) in [5, 5.41) is 5.77. The van der Waals surface area contributed by atoms with Gasteiger partial charge in [-0.15, -0.1) is 0 Å². The zero-order valence-corrected chi connectivity index (χ0v) is 20.9. The minimum atomic E-state index is -0.500. The van der Waals surface area contributed by atoms with Crippen LogP contribution in [0.3, 0.4) is 0 Å². The number of hydrogen-bond donors (Lipinski definition) is 0. The highest BCUT2D eigenvalue weighted by Crippen LogP contribution is 2.38. The number of esters is 1. The molecule has 2 aromatic rings. The molecule has 2 aliphatic heterocycles. The summed E-state index contributed by atoms with van der Waals surface area (Å²) < 4.78 is 26.2. The first-order valence-electron chi connectivity index (χ1n) is 12.3. The maximum Gasteiger partial charge on any atom is 0.495 e. The van der Waals surface area contributed by atoms with Gasteiger partial charge in [0.1, 0.15) is 0 Å². The molecule has 7 nitrogen and oxygen atoms in total. The molecule has 0 N–H and O–H groups in total. The Morgan fingerprint density at radius 3 is 2.61 bits per heavy atom. The number of rotatable bonds is 7. The number of nitrogens with zero attached hydrogens (tertiary/aromatic N) is 2. The molecule has 0 bridgehead atoms. The van der Waals surface area contributed by atoms with Gasteiger partial charge in [0, 0.05) is 18.4 Å². The van der Waals surface area contributed by atoms with E-state index in [1.54, 1.807) is 0 Å². The molecule has 2 saturated heterocycles. The van der Waals surface area contributed by atoms with Crippen LogP contribution in [0.1, 0.15) is 84.1 Å². The van der Waals surface area contributed by atoms with Crippen LogP contribution >= 0.6 is 0 Å². The third-order valence-corrected chi connectivity index (χ3v) is 7.31. The summed E-state index contributed by atoms with van der Waals surface area (Å²) in [7, 11) is -0.500. The normalized spacial score (nSPS) is 22.1. The largest absolute Gasteiger partial charge is 0.495 e. The van der Waals surface area contributed by atoms with Crippen LogP contribution in [0.25, 0.3) is 10.9 Å². The average Bonchev–Trinajstić information content (AvgIpc) is 3.26. The quantitative estimate of drug-likeness (QED) is 0.459. The van der Waals surface area contributed by atoms with E-state index in [4.69, 9.17) is 23.9 Å². The van der Waals surface area contributed by atoms with Crippen molar-refractivity contribution in [2.45, 2.75) is 97.5 Å². The summed E-state index contributed by atoms with van der Waals surface area (Å²) in [6.07, 6.45) is 6.91. The Morgan fingerprint density at radius 1 is 1.24 bits per heavy atom. The van der Waals surface area contributed by atoms with Crippen molar-refractivity contribution in [1.82, 2.24) is 9.78 Å². The maximum atomic E-state index is 11.9. The second-order valence-electron chi connectivity index (χ2n) is 10.2. The summed E-state index contributed by atoms with van der Waals surface area (Å²) in [6.45, 7) is 13.4. The molecule has 0 aliphatic carbocycles. The van der Waals surface area contributed by atoms with Crippen LogP contribution in [-0.4, -0.2) is 47.3 Å². The maximum absolute atomic E-state index is 11.9. The lowest BCUT2D eigenvalue weighted by Crippen LogP contribution is -2.41. The summed E-state index contributed by atoms with van der Waals surface area (Å²) in [6, 6.07) is 2.19. The molecule has 1 unspecified atom stereocenters. The van der Waals surface area contributed by atoms with Crippen LogP contribution < -0.4 is 5.46 Å². The topological polar surface area (TPSA) is 71.8 Å². The lowest BCUT2D eigenvalue weighted by molar-refractivity contribution is -0.143. The fourth-order valence-corrected chi connectivity index (χ4v) is 4.74. The molecule has 1 atom stereocenters. The third-order valence-electron chi connectivity index (χ3n) is 7.31. The number of ether oxygens (including phenoxy) is 2. The fraction of sp³-hybridized carbons (Fsp3) is 0.680. The smallest absolute Gasteiger partial charge is 0.466 e. The van der Waals surface area contributed by atoms with Gasteiger partial charge < -0.3 is 18.8 Å². The zero-order chi connectivity index (χ0) is 23.8. The van der Waals surface area contributed by atoms with Gasteiger partial charge in [0.25, 0.3) is 0 Å². The van der Waals surface area contributed by atoms with Crippen LogP contribution in [0.4, 0.5) is 0 Å². The molecule has 3 heterocycles. The van der Waals surface area contributed by atoms with E-state index in [0.717, 1.165) is 59.8 Å². The zero-order valence-electron chi connectivity index (χ0n) is 20.9. The summed E-state index contributed by atoms with van der Waals surface area (Å²) in [4.78, 5) is 11.9. The van der Waals surface area contributed by atoms with Crippen LogP contribution in [0.5, 0.6) is 0 Å². The Hall–Kier alpha value is -1.90. The highest BCUT2D eigenvalue weighted by atomic mass is 16.7. The number of fused-ring (bicyclic) bond motifs is 1. The monoisotopic (exact) mass is 456 g/mol. The number of carbonyl (C=O) groups excluding carboxylic acids is 1. The first kappa shape index (κ1) is 24.2. The summed E-state index contributed by atoms with van der Waals surface area (Å²) in [5.74, 6) is -0.157. The van der Waals surface area contributed by atoms with Gasteiger partial charge in [0.2, 0.25) is 0 Å². The highest BCUT2D eigenvalue weighted by Gasteiger charge is 2.52. The van der Waals surface area contributed by atoms with Crippen molar-refractivity contribution in [3.63, 3.8) is 0 Å². The molecule has 1 aromatic heterocycles. The minimum absolute atomic E-state index is 0.0449. The molecular formula is C25H37BN2O5. The lowest BCUT2D eigenvalue weighted by atomic mass is 9.71. The van der Waals surface area contributed by atoms with Gasteiger partial charge in [-0.25, -0.2) is 4.68 Å². The van der Waals surface area contributed by atoms with Gasteiger partial charge >= 0.3 is 13.1 Å². The lowest BCUT2D eigenvalue weighted by Gasteiger charge is -2.32. The standard InChI is InChI=1S/C25H37BN2O5/c1-7-30-22(29)13-10-11-18-17(2)15-20-19(16-27-28(20)21-12-8-9-14-31-21)23(18)26-32-24(3,4)25(5,6)33-26/h15-16,21H,7-14H2,1-6H3. The van der Waals surface area contributed by atoms with E-state index < -0.39 is 18.3 Å². The van der Waals surface area contributed by atoms with Crippen LogP contribution in [0.2, 0.25) is 0 Å². The average molecular weight is 456 g/mol. The first-order chi connectivity index (χ1) is 15.6. The van der Waals surface area contributed by atoms with Crippen molar-refractivity contribution in [2.24, 2.45) is 0 Å². The van der Waals surface area contributed by atoms with Crippen molar-refractivity contribution in [1.29, 1.82) is 0 Å². The number of aryl methyl sites for hydroxylation is 1. The predicted octanol–water partition coefficient (Wildman–Crippen LogP) is 4.23. The molecule has 1 aromatic carbocycles. The van der Waals surface area contributed by atoms with Gasteiger partial charge in [0.15, 0.2) is 6.23 Å². The van der Waals surface area contributed by atoms with Crippen molar-refractivity contribution < 1.29 is 23.6 Å². The first-order valence-corrected chi connectivity index (χ1v) is 12.3. The fourth-order valence-electron chi connectivity index (χ4n) is 4.74. The van der Waals surface area contributed by atoms with E-state index in [0.29, 0.717) is 19.4 Å².